The molecule has 0 aliphatic carbocycles. The number of esters is 2. The Bertz CT molecular complexity index is 4900. The van der Waals surface area contributed by atoms with Gasteiger partial charge in [-0.2, -0.15) is 85.4 Å². The highest BCUT2D eigenvalue weighted by molar-refractivity contribution is 14.1. The molecule has 7 aromatic heterocycles. The van der Waals surface area contributed by atoms with Crippen LogP contribution in [0.5, 0.6) is 0 Å². The second-order valence-corrected chi connectivity index (χ2v) is 26.6. The van der Waals surface area contributed by atoms with E-state index in [-0.39, 0.29) is 51.6 Å². The summed E-state index contributed by atoms with van der Waals surface area (Å²) in [6, 6.07) is 38.6. The van der Waals surface area contributed by atoms with E-state index >= 15 is 0 Å². The van der Waals surface area contributed by atoms with E-state index in [2.05, 4.69) is 93.1 Å². The van der Waals surface area contributed by atoms with Crippen molar-refractivity contribution in [2.24, 2.45) is 0 Å². The highest BCUT2D eigenvalue weighted by Crippen LogP contribution is 2.33. The summed E-state index contributed by atoms with van der Waals surface area (Å²) in [4.78, 5) is 60.0. The summed E-state index contributed by atoms with van der Waals surface area (Å²) in [5.41, 5.74) is 12.0. The molecule has 117 heavy (non-hydrogen) atoms. The normalized spacial score (nSPS) is 11.0. The molecule has 0 atom stereocenters. The first-order valence-corrected chi connectivity index (χ1v) is 36.7. The summed E-state index contributed by atoms with van der Waals surface area (Å²) in [6.07, 6.45) is -12.5. The zero-order valence-electron chi connectivity index (χ0n) is 60.2. The third-order valence-corrected chi connectivity index (χ3v) is 16.6. The number of H-pyrrole nitrogens is 1. The van der Waals surface area contributed by atoms with Crippen molar-refractivity contribution in [2.45, 2.75) is 95.6 Å². The lowest BCUT2D eigenvalue weighted by Crippen LogP contribution is -2.29. The number of aromatic amines is 1. The monoisotopic (exact) mass is 1970 g/mol. The molecule has 0 radical (unpaired) electrons. The first-order valence-electron chi connectivity index (χ1n) is 32.8. The van der Waals surface area contributed by atoms with Gasteiger partial charge in [0.15, 0.2) is 5.82 Å². The number of aryl methyl sites for hydroxylation is 4. The minimum atomic E-state index is -4.33. The van der Waals surface area contributed by atoms with Crippen LogP contribution in [0.2, 0.25) is 0 Å². The fourth-order valence-corrected chi connectivity index (χ4v) is 10.7. The van der Waals surface area contributed by atoms with Gasteiger partial charge in [-0.1, -0.05) is 149 Å². The van der Waals surface area contributed by atoms with Crippen LogP contribution in [0.4, 0.5) is 89.1 Å². The van der Waals surface area contributed by atoms with Gasteiger partial charge >= 0.3 is 67.4 Å². The van der Waals surface area contributed by atoms with Gasteiger partial charge < -0.3 is 55.6 Å². The van der Waals surface area contributed by atoms with Crippen molar-refractivity contribution < 1.29 is 110 Å². The van der Waals surface area contributed by atoms with Crippen molar-refractivity contribution in [1.82, 2.24) is 59.3 Å². The Labute approximate surface area is 691 Å². The van der Waals surface area contributed by atoms with Crippen LogP contribution in [0, 0.1) is 30.3 Å². The number of anilines is 1. The molecule has 0 bridgehead atoms. The van der Waals surface area contributed by atoms with Crippen LogP contribution in [0.15, 0.2) is 203 Å². The third-order valence-electron chi connectivity index (χ3n) is 14.2. The topological polar surface area (TPSA) is 374 Å². The SMILES string of the molecule is COC(=O)c1ccncc1Br.COC(=O)c1ccncc1Cc1nn(CCC(F)(F)F)cc1-c1ccccc1.FC(F)(F)CCI.Nc1nn(CCC(F)(F)F)cc1-c1ccccc1.O=[N+]([O-])c1[nH]ncc1Br.O=[N+]([O-])c1nn(CCC(F)(F)F)cc1-c1ccccc1.O=[N+]([O-])c1nn(CCC(F)(F)F)cc1Br.OB(O)c1ccccc1. The number of pyridine rings is 2. The molecule has 7 heterocycles. The highest BCUT2D eigenvalue weighted by atomic mass is 127. The summed E-state index contributed by atoms with van der Waals surface area (Å²) in [6.45, 7) is -1.38. The molecule has 0 fully saturated rings. The van der Waals surface area contributed by atoms with Crippen molar-refractivity contribution in [3.63, 3.8) is 0 Å². The second kappa shape index (κ2) is 47.5. The number of aromatic nitrogens is 12. The number of nitrogens with one attached hydrogen (secondary N) is 1. The van der Waals surface area contributed by atoms with Gasteiger partial charge in [0.05, 0.1) is 109 Å². The van der Waals surface area contributed by atoms with E-state index in [1.54, 1.807) is 102 Å². The summed E-state index contributed by atoms with van der Waals surface area (Å²) in [7, 11) is 1.29. The standard InChI is InChI=1S/C20H18F3N3O2.C12H10F3N3O2.C12H12F3N3.C7H6BrNO2.C6H7BO2.C6H5BrF3N3O2.C3H2BrN3O2.C3H4F3I/c1-28-19(27)16-7-9-24-12-15(16)11-18-17(14-5-3-2-4-6-14)13-26(25-18)10-8-20(21,22)23;13-12(14,15)6-7-17-8-10(11(16-17)18(19)20)9-4-2-1-3-5-9;13-12(14,15)6-7-18-8-10(11(16)17-18)9-4-2-1-3-5-9;1-11-7(10)5-2-3-9-4-6(5)8;8-7(9)6-4-2-1-3-5-6;7-4-3-12(2-1-6(8,9)10)11-5(4)13(14)15;4-2-1-5-6-3(2)7(8)9;4-3(5,6)1-2-7/h2-7,9,12-13H,8,10-11H2,1H3;1-5,8H,6-7H2;1-5,8H,6-7H2,(H2,16,17);2-4H,1H3;1-5,8-9H;3H,1-2H2;1H,(H,5,6);1-2H2. The number of nitrogens with two attached hydrogens (primary N) is 1. The van der Waals surface area contributed by atoms with E-state index in [1.807, 2.05) is 66.7 Å². The second-order valence-electron chi connectivity index (χ2n) is 22.9. The largest absolute Gasteiger partial charge is 0.488 e. The highest BCUT2D eigenvalue weighted by Gasteiger charge is 2.32. The molecular weight excluding hydrogens is 1910 g/mol. The van der Waals surface area contributed by atoms with Crippen LogP contribution >= 0.6 is 70.4 Å². The Kier molecular flexibility index (Phi) is 40.0. The molecule has 0 saturated carbocycles. The summed E-state index contributed by atoms with van der Waals surface area (Å²) >= 11 is 10.6. The van der Waals surface area contributed by atoms with Gasteiger partial charge in [-0.15, -0.1) is 5.10 Å². The quantitative estimate of drug-likeness (QED) is 0.0105. The lowest BCUT2D eigenvalue weighted by Gasteiger charge is -2.07. The number of methoxy groups -OCH3 is 2. The molecule has 5 N–H and O–H groups in total. The zero-order chi connectivity index (χ0) is 87.4. The first kappa shape index (κ1) is 98.6. The van der Waals surface area contributed by atoms with Gasteiger partial charge in [-0.05, 0) is 102 Å². The average molecular weight is 1970 g/mol. The summed E-state index contributed by atoms with van der Waals surface area (Å²) < 4.78 is 194. The number of hydrogen-bond acceptors (Lipinski definition) is 20. The predicted molar refractivity (Wildman–Crippen MR) is 414 cm³/mol. The number of ether oxygens (including phenoxy) is 2. The maximum absolute atomic E-state index is 12.6. The van der Waals surface area contributed by atoms with E-state index in [9.17, 15) is 106 Å². The van der Waals surface area contributed by atoms with Crippen LogP contribution in [-0.2, 0) is 42.1 Å². The number of alkyl halides is 16. The fraction of sp³-hybridized carbons (Fsp3) is 0.261. The number of benzene rings is 4. The van der Waals surface area contributed by atoms with Crippen molar-refractivity contribution in [1.29, 1.82) is 0 Å². The molecule has 48 heteroatoms. The predicted octanol–water partition coefficient (Wildman–Crippen LogP) is 17.7. The van der Waals surface area contributed by atoms with Gasteiger partial charge in [0.2, 0.25) is 0 Å². The number of nitrogens with zero attached hydrogens (tertiary/aromatic N) is 14. The minimum absolute atomic E-state index is 0.0645. The van der Waals surface area contributed by atoms with Gasteiger partial charge in [0.1, 0.15) is 14.5 Å². The van der Waals surface area contributed by atoms with Crippen LogP contribution in [0.3, 0.4) is 0 Å². The number of halogens is 19. The van der Waals surface area contributed by atoms with Gasteiger partial charge in [-0.3, -0.25) is 19.3 Å². The van der Waals surface area contributed by atoms with Crippen LogP contribution < -0.4 is 11.2 Å². The molecule has 0 aliphatic heterocycles. The third kappa shape index (κ3) is 37.4. The van der Waals surface area contributed by atoms with Crippen LogP contribution in [0.1, 0.15) is 64.1 Å². The van der Waals surface area contributed by atoms with Gasteiger partial charge in [0, 0.05) is 72.2 Å². The van der Waals surface area contributed by atoms with Gasteiger partial charge in [0.25, 0.3) is 0 Å². The minimum Gasteiger partial charge on any atom is -0.465 e. The van der Waals surface area contributed by atoms with E-state index in [4.69, 9.17) is 20.5 Å². The molecule has 0 unspecified atom stereocenters. The molecule has 11 rings (SSSR count). The Hall–Kier alpha value is -10.7. The smallest absolute Gasteiger partial charge is 0.465 e. The summed E-state index contributed by atoms with van der Waals surface area (Å²) in [5, 5.41) is 69.2. The zero-order valence-corrected chi connectivity index (χ0v) is 67.2. The summed E-state index contributed by atoms with van der Waals surface area (Å²) in [5.74, 6) is -1.68. The molecule has 0 spiro atoms. The Morgan fingerprint density at radius 1 is 0.487 bits per heavy atom. The number of carbonyl (C=O) groups is 2. The molecular formula is C69H64BBr3F15IN16O12. The average Bonchev–Trinajstić information content (AvgIpc) is 1.69. The molecule has 0 saturated heterocycles. The van der Waals surface area contributed by atoms with E-state index in [1.165, 1.54) is 60.8 Å². The molecule has 628 valence electrons. The number of hydrogen-bond donors (Lipinski definition) is 4. The molecule has 4 aromatic carbocycles. The van der Waals surface area contributed by atoms with Crippen LogP contribution in [0.25, 0.3) is 33.4 Å². The van der Waals surface area contributed by atoms with E-state index < -0.39 is 116 Å². The number of nitro groups is 3. The Balaban J connectivity index is 0.000000292. The number of carbonyl (C=O) groups excluding carboxylic acids is 2. The maximum atomic E-state index is 12.6. The molecule has 28 nitrogen and oxygen atoms in total. The Morgan fingerprint density at radius 2 is 0.872 bits per heavy atom. The lowest BCUT2D eigenvalue weighted by molar-refractivity contribution is -0.390. The molecule has 0 aliphatic rings. The lowest BCUT2D eigenvalue weighted by atomic mass is 9.81. The van der Waals surface area contributed by atoms with E-state index in [0.29, 0.717) is 53.5 Å². The van der Waals surface area contributed by atoms with Crippen molar-refractivity contribution in [2.75, 3.05) is 24.4 Å². The Morgan fingerprint density at radius 3 is 1.25 bits per heavy atom. The first-order chi connectivity index (χ1) is 54.8. The van der Waals surface area contributed by atoms with Gasteiger partial charge in [-0.25, -0.2) is 9.59 Å². The fourth-order valence-electron chi connectivity index (χ4n) is 8.86. The number of nitrogen functional groups attached to an aromatic ring is 1. The molecule has 11 aromatic rings. The van der Waals surface area contributed by atoms with Crippen LogP contribution in [-0.4, -0.2) is 153 Å². The molecule has 0 amide bonds. The van der Waals surface area contributed by atoms with E-state index in [0.717, 1.165) is 26.7 Å². The van der Waals surface area contributed by atoms with Crippen molar-refractivity contribution in [3.05, 3.63) is 255 Å². The maximum Gasteiger partial charge on any atom is 0.488 e. The van der Waals surface area contributed by atoms with Crippen molar-refractivity contribution in [3.8, 4) is 33.4 Å². The van der Waals surface area contributed by atoms with Crippen molar-refractivity contribution >= 4 is 118 Å². The number of rotatable bonds is 20.